The number of carboxylic acid groups (broad SMARTS) is 1. The Bertz CT molecular complexity index is 359. The van der Waals surface area contributed by atoms with Gasteiger partial charge in [0.15, 0.2) is 0 Å². The molecule has 0 aliphatic rings. The maximum absolute atomic E-state index is 10.6. The standard InChI is InChI=1S/C11H13Cl2NO3/c12-10(13)9(15)8(14-11(16)17)6-7-4-2-1-3-5-7/h1-5,8-10,14-15H,6H2,(H,16,17)/t8-,9-/m0/s1. The third-order valence-electron chi connectivity index (χ3n) is 2.28. The number of aliphatic hydroxyl groups is 1. The molecule has 1 aromatic carbocycles. The third kappa shape index (κ3) is 4.81. The quantitative estimate of drug-likeness (QED) is 0.722. The Morgan fingerprint density at radius 1 is 1.29 bits per heavy atom. The molecule has 4 nitrogen and oxygen atoms in total. The molecule has 2 atom stereocenters. The van der Waals surface area contributed by atoms with E-state index in [1.54, 1.807) is 0 Å². The van der Waals surface area contributed by atoms with Gasteiger partial charge in [0, 0.05) is 0 Å². The van der Waals surface area contributed by atoms with Crippen molar-refractivity contribution in [2.75, 3.05) is 0 Å². The van der Waals surface area contributed by atoms with Gasteiger partial charge in [-0.25, -0.2) is 4.79 Å². The second kappa shape index (κ2) is 6.69. The van der Waals surface area contributed by atoms with Crippen LogP contribution in [0, 0.1) is 0 Å². The molecule has 0 saturated heterocycles. The van der Waals surface area contributed by atoms with E-state index in [0.29, 0.717) is 6.42 Å². The van der Waals surface area contributed by atoms with Crippen LogP contribution in [0.4, 0.5) is 4.79 Å². The van der Waals surface area contributed by atoms with Crippen molar-refractivity contribution in [1.82, 2.24) is 5.32 Å². The first kappa shape index (κ1) is 14.1. The Morgan fingerprint density at radius 2 is 1.88 bits per heavy atom. The Kier molecular flexibility index (Phi) is 5.55. The van der Waals surface area contributed by atoms with Crippen LogP contribution in [0.2, 0.25) is 0 Å². The Hall–Kier alpha value is -0.970. The fourth-order valence-electron chi connectivity index (χ4n) is 1.46. The lowest BCUT2D eigenvalue weighted by molar-refractivity contribution is 0.129. The van der Waals surface area contributed by atoms with Gasteiger partial charge in [-0.15, -0.1) is 23.2 Å². The molecule has 0 aliphatic carbocycles. The molecule has 0 aromatic heterocycles. The lowest BCUT2D eigenvalue weighted by atomic mass is 10.0. The smallest absolute Gasteiger partial charge is 0.404 e. The van der Waals surface area contributed by atoms with Gasteiger partial charge in [-0.1, -0.05) is 30.3 Å². The lowest BCUT2D eigenvalue weighted by Gasteiger charge is -2.23. The van der Waals surface area contributed by atoms with E-state index in [1.165, 1.54) is 0 Å². The maximum Gasteiger partial charge on any atom is 0.404 e. The van der Waals surface area contributed by atoms with E-state index >= 15 is 0 Å². The number of benzene rings is 1. The molecule has 3 N–H and O–H groups in total. The van der Waals surface area contributed by atoms with Gasteiger partial charge < -0.3 is 15.5 Å². The van der Waals surface area contributed by atoms with Gasteiger partial charge in [0.05, 0.1) is 6.04 Å². The first-order valence-electron chi connectivity index (χ1n) is 5.00. The van der Waals surface area contributed by atoms with Crippen LogP contribution in [0.15, 0.2) is 30.3 Å². The van der Waals surface area contributed by atoms with Gasteiger partial charge in [-0.05, 0) is 12.0 Å². The van der Waals surface area contributed by atoms with Gasteiger partial charge in [-0.3, -0.25) is 0 Å². The van der Waals surface area contributed by atoms with Gasteiger partial charge in [0.1, 0.15) is 10.9 Å². The van der Waals surface area contributed by atoms with E-state index in [9.17, 15) is 9.90 Å². The van der Waals surface area contributed by atoms with Crippen molar-refractivity contribution in [1.29, 1.82) is 0 Å². The van der Waals surface area contributed by atoms with E-state index in [2.05, 4.69) is 5.32 Å². The zero-order valence-electron chi connectivity index (χ0n) is 8.88. The highest BCUT2D eigenvalue weighted by Gasteiger charge is 2.26. The summed E-state index contributed by atoms with van der Waals surface area (Å²) < 4.78 is 0. The van der Waals surface area contributed by atoms with Crippen LogP contribution in [-0.4, -0.2) is 33.3 Å². The number of aliphatic hydroxyl groups excluding tert-OH is 1. The first-order valence-corrected chi connectivity index (χ1v) is 5.87. The Labute approximate surface area is 109 Å². The van der Waals surface area contributed by atoms with Crippen LogP contribution in [0.25, 0.3) is 0 Å². The average molecular weight is 278 g/mol. The van der Waals surface area contributed by atoms with Crippen LogP contribution in [-0.2, 0) is 6.42 Å². The highest BCUT2D eigenvalue weighted by molar-refractivity contribution is 6.44. The summed E-state index contributed by atoms with van der Waals surface area (Å²) in [7, 11) is 0. The van der Waals surface area contributed by atoms with Crippen molar-refractivity contribution in [3.63, 3.8) is 0 Å². The molecule has 1 rings (SSSR count). The van der Waals surface area contributed by atoms with Crippen molar-refractivity contribution in [2.45, 2.75) is 23.4 Å². The maximum atomic E-state index is 10.6. The topological polar surface area (TPSA) is 69.6 Å². The van der Waals surface area contributed by atoms with Crippen LogP contribution in [0.3, 0.4) is 0 Å². The summed E-state index contributed by atoms with van der Waals surface area (Å²) in [5, 5.41) is 20.6. The fourth-order valence-corrected chi connectivity index (χ4v) is 1.81. The van der Waals surface area contributed by atoms with Gasteiger partial charge in [0.2, 0.25) is 0 Å². The highest BCUT2D eigenvalue weighted by Crippen LogP contribution is 2.15. The van der Waals surface area contributed by atoms with Gasteiger partial charge in [0.25, 0.3) is 0 Å². The number of amides is 1. The highest BCUT2D eigenvalue weighted by atomic mass is 35.5. The number of halogens is 2. The fraction of sp³-hybridized carbons (Fsp3) is 0.364. The van der Waals surface area contributed by atoms with E-state index in [1.807, 2.05) is 30.3 Å². The molecule has 0 aliphatic heterocycles. The summed E-state index contributed by atoms with van der Waals surface area (Å²) in [6, 6.07) is 8.44. The number of alkyl halides is 2. The van der Waals surface area contributed by atoms with Gasteiger partial charge in [-0.2, -0.15) is 0 Å². The van der Waals surface area contributed by atoms with Crippen molar-refractivity contribution in [3.8, 4) is 0 Å². The minimum atomic E-state index is -1.22. The van der Waals surface area contributed by atoms with Crippen molar-refractivity contribution in [3.05, 3.63) is 35.9 Å². The number of carbonyl (C=O) groups is 1. The van der Waals surface area contributed by atoms with Crippen molar-refractivity contribution >= 4 is 29.3 Å². The minimum absolute atomic E-state index is 0.324. The summed E-state index contributed by atoms with van der Waals surface area (Å²) in [6.45, 7) is 0. The molecular formula is C11H13Cl2NO3. The second-order valence-corrected chi connectivity index (χ2v) is 4.73. The average Bonchev–Trinajstić information content (AvgIpc) is 2.28. The largest absolute Gasteiger partial charge is 0.465 e. The number of hydrogen-bond donors (Lipinski definition) is 3. The third-order valence-corrected chi connectivity index (χ3v) is 2.79. The van der Waals surface area contributed by atoms with Gasteiger partial charge >= 0.3 is 6.09 Å². The molecule has 17 heavy (non-hydrogen) atoms. The monoisotopic (exact) mass is 277 g/mol. The molecule has 0 spiro atoms. The Balaban J connectivity index is 2.73. The molecule has 0 unspecified atom stereocenters. The molecule has 1 amide bonds. The summed E-state index contributed by atoms with van der Waals surface area (Å²) in [6.07, 6.45) is -2.06. The summed E-state index contributed by atoms with van der Waals surface area (Å²) in [4.78, 5) is 9.57. The van der Waals surface area contributed by atoms with E-state index in [-0.39, 0.29) is 0 Å². The van der Waals surface area contributed by atoms with Crippen LogP contribution in [0.5, 0.6) is 0 Å². The molecule has 0 radical (unpaired) electrons. The van der Waals surface area contributed by atoms with E-state index < -0.39 is 23.1 Å². The normalized spacial score (nSPS) is 14.4. The molecule has 1 aromatic rings. The van der Waals surface area contributed by atoms with Crippen LogP contribution < -0.4 is 5.32 Å². The number of rotatable bonds is 5. The van der Waals surface area contributed by atoms with Crippen molar-refractivity contribution in [2.24, 2.45) is 0 Å². The van der Waals surface area contributed by atoms with E-state index in [0.717, 1.165) is 5.56 Å². The summed E-state index contributed by atoms with van der Waals surface area (Å²) in [5.74, 6) is 0. The zero-order chi connectivity index (χ0) is 12.8. The molecular weight excluding hydrogens is 265 g/mol. The number of nitrogens with one attached hydrogen (secondary N) is 1. The summed E-state index contributed by atoms with van der Waals surface area (Å²) >= 11 is 11.1. The predicted molar refractivity (Wildman–Crippen MR) is 66.6 cm³/mol. The first-order chi connectivity index (χ1) is 8.00. The second-order valence-electron chi connectivity index (χ2n) is 3.57. The minimum Gasteiger partial charge on any atom is -0.465 e. The molecule has 6 heteroatoms. The molecule has 0 fully saturated rings. The summed E-state index contributed by atoms with van der Waals surface area (Å²) in [5.41, 5.74) is 0.888. The SMILES string of the molecule is O=C(O)N[C@@H](Cc1ccccc1)[C@H](O)C(Cl)Cl. The van der Waals surface area contributed by atoms with E-state index in [4.69, 9.17) is 28.3 Å². The Morgan fingerprint density at radius 3 is 2.35 bits per heavy atom. The molecule has 0 saturated carbocycles. The lowest BCUT2D eigenvalue weighted by Crippen LogP contribution is -2.46. The molecule has 0 heterocycles. The molecule has 94 valence electrons. The van der Waals surface area contributed by atoms with Crippen molar-refractivity contribution < 1.29 is 15.0 Å². The predicted octanol–water partition coefficient (Wildman–Crippen LogP) is 2.03. The molecule has 0 bridgehead atoms. The van der Waals surface area contributed by atoms with Crippen LogP contribution >= 0.6 is 23.2 Å². The van der Waals surface area contributed by atoms with Crippen LogP contribution in [0.1, 0.15) is 5.56 Å². The zero-order valence-corrected chi connectivity index (χ0v) is 10.4. The number of hydrogen-bond acceptors (Lipinski definition) is 2.